The van der Waals surface area contributed by atoms with Crippen molar-refractivity contribution < 1.29 is 24.5 Å². The lowest BCUT2D eigenvalue weighted by molar-refractivity contribution is -0.117. The molecule has 1 fully saturated rings. The number of aliphatic hydroxyl groups excluding tert-OH is 2. The molecule has 146 valence electrons. The number of aliphatic hydroxyl groups is 2. The number of piperidine rings is 1. The minimum atomic E-state index is -0.909. The van der Waals surface area contributed by atoms with Gasteiger partial charge in [0, 0.05) is 36.3 Å². The van der Waals surface area contributed by atoms with E-state index < -0.39 is 6.23 Å². The fourth-order valence-electron chi connectivity index (χ4n) is 3.31. The fraction of sp³-hybridized carbons (Fsp3) is 0.632. The SMILES string of the molecule is COc1cc(C(O)N2CCCC[C@H]2CO)c(N)cc1OCCCC(C)=O. The summed E-state index contributed by atoms with van der Waals surface area (Å²) >= 11 is 0. The third-order valence-corrected chi connectivity index (χ3v) is 4.78. The Bertz CT molecular complexity index is 608. The summed E-state index contributed by atoms with van der Waals surface area (Å²) in [5.74, 6) is 1.09. The normalized spacial score (nSPS) is 19.2. The van der Waals surface area contributed by atoms with Gasteiger partial charge < -0.3 is 30.2 Å². The number of nitrogens with two attached hydrogens (primary N) is 1. The first-order chi connectivity index (χ1) is 12.5. The molecule has 1 aliphatic rings. The molecular weight excluding hydrogens is 336 g/mol. The van der Waals surface area contributed by atoms with Crippen molar-refractivity contribution >= 4 is 11.5 Å². The lowest BCUT2D eigenvalue weighted by Gasteiger charge is -2.38. The van der Waals surface area contributed by atoms with Crippen LogP contribution in [0.3, 0.4) is 0 Å². The number of Topliss-reactive ketones (excluding diaryl/α,β-unsaturated/α-hetero) is 1. The van der Waals surface area contributed by atoms with Gasteiger partial charge in [0.1, 0.15) is 12.0 Å². The number of carbonyl (C=O) groups excluding carboxylic acids is 1. The van der Waals surface area contributed by atoms with Crippen LogP contribution in [-0.2, 0) is 4.79 Å². The first kappa shape index (κ1) is 20.5. The summed E-state index contributed by atoms with van der Waals surface area (Å²) < 4.78 is 11.1. The summed E-state index contributed by atoms with van der Waals surface area (Å²) in [6.45, 7) is 2.65. The standard InChI is InChI=1S/C19H30N2O5/c1-13(23)6-5-9-26-18-11-16(20)15(10-17(18)25-2)19(24)21-8-4-3-7-14(21)12-22/h10-11,14,19,22,24H,3-9,12,20H2,1-2H3/t14-,19?/m0/s1. The van der Waals surface area contributed by atoms with Gasteiger partial charge in [-0.2, -0.15) is 0 Å². The molecule has 1 aliphatic heterocycles. The monoisotopic (exact) mass is 366 g/mol. The quantitative estimate of drug-likeness (QED) is 0.452. The van der Waals surface area contributed by atoms with Gasteiger partial charge in [-0.15, -0.1) is 0 Å². The molecule has 4 N–H and O–H groups in total. The summed E-state index contributed by atoms with van der Waals surface area (Å²) in [6, 6.07) is 3.25. The highest BCUT2D eigenvalue weighted by Crippen LogP contribution is 2.37. The van der Waals surface area contributed by atoms with E-state index in [4.69, 9.17) is 15.2 Å². The second-order valence-corrected chi connectivity index (χ2v) is 6.73. The zero-order valence-electron chi connectivity index (χ0n) is 15.6. The van der Waals surface area contributed by atoms with Crippen molar-refractivity contribution in [1.82, 2.24) is 4.90 Å². The summed E-state index contributed by atoms with van der Waals surface area (Å²) in [6.07, 6.45) is 3.04. The number of rotatable bonds is 9. The number of hydrogen-bond acceptors (Lipinski definition) is 7. The van der Waals surface area contributed by atoms with E-state index in [0.717, 1.165) is 19.3 Å². The van der Waals surface area contributed by atoms with Crippen molar-refractivity contribution in [3.05, 3.63) is 17.7 Å². The van der Waals surface area contributed by atoms with Crippen molar-refractivity contribution in [3.63, 3.8) is 0 Å². The molecule has 7 nitrogen and oxygen atoms in total. The molecule has 1 aromatic carbocycles. The predicted molar refractivity (Wildman–Crippen MR) is 99.2 cm³/mol. The molecule has 7 heteroatoms. The number of benzene rings is 1. The van der Waals surface area contributed by atoms with Crippen LogP contribution < -0.4 is 15.2 Å². The number of nitrogen functional groups attached to an aromatic ring is 1. The molecule has 0 saturated carbocycles. The average Bonchev–Trinajstić information content (AvgIpc) is 2.64. The van der Waals surface area contributed by atoms with E-state index in [1.54, 1.807) is 19.1 Å². The summed E-state index contributed by atoms with van der Waals surface area (Å²) in [5.41, 5.74) is 7.10. The van der Waals surface area contributed by atoms with Crippen molar-refractivity contribution in [3.8, 4) is 11.5 Å². The molecule has 0 radical (unpaired) electrons. The van der Waals surface area contributed by atoms with Crippen LogP contribution in [0.25, 0.3) is 0 Å². The maximum Gasteiger partial charge on any atom is 0.163 e. The number of carbonyl (C=O) groups is 1. The highest BCUT2D eigenvalue weighted by atomic mass is 16.5. The van der Waals surface area contributed by atoms with Crippen LogP contribution in [0.15, 0.2) is 12.1 Å². The van der Waals surface area contributed by atoms with E-state index in [1.165, 1.54) is 7.11 Å². The number of ketones is 1. The van der Waals surface area contributed by atoms with E-state index in [9.17, 15) is 15.0 Å². The van der Waals surface area contributed by atoms with E-state index in [0.29, 0.717) is 48.7 Å². The van der Waals surface area contributed by atoms with Gasteiger partial charge in [0.15, 0.2) is 11.5 Å². The number of hydrogen-bond donors (Lipinski definition) is 3. The van der Waals surface area contributed by atoms with E-state index in [2.05, 4.69) is 0 Å². The Morgan fingerprint density at radius 3 is 2.81 bits per heavy atom. The van der Waals surface area contributed by atoms with E-state index >= 15 is 0 Å². The van der Waals surface area contributed by atoms with E-state index in [1.807, 2.05) is 4.90 Å². The molecule has 1 heterocycles. The number of nitrogens with zero attached hydrogens (tertiary/aromatic N) is 1. The molecule has 0 spiro atoms. The molecule has 2 rings (SSSR count). The minimum absolute atomic E-state index is 0.00540. The molecule has 0 bridgehead atoms. The Kier molecular flexibility index (Phi) is 7.68. The first-order valence-electron chi connectivity index (χ1n) is 9.12. The maximum absolute atomic E-state index is 11.0. The number of anilines is 1. The number of likely N-dealkylation sites (tertiary alicyclic amines) is 1. The van der Waals surface area contributed by atoms with Gasteiger partial charge in [-0.05, 0) is 32.3 Å². The Balaban J connectivity index is 2.15. The smallest absolute Gasteiger partial charge is 0.163 e. The number of methoxy groups -OCH3 is 1. The summed E-state index contributed by atoms with van der Waals surface area (Å²) in [5, 5.41) is 20.4. The first-order valence-corrected chi connectivity index (χ1v) is 9.12. The zero-order valence-corrected chi connectivity index (χ0v) is 15.6. The van der Waals surface area contributed by atoms with Gasteiger partial charge in [0.2, 0.25) is 0 Å². The second kappa shape index (κ2) is 9.75. The highest BCUT2D eigenvalue weighted by Gasteiger charge is 2.30. The molecular formula is C19H30N2O5. The molecule has 1 unspecified atom stereocenters. The van der Waals surface area contributed by atoms with Crippen LogP contribution in [0.1, 0.15) is 50.8 Å². The van der Waals surface area contributed by atoms with Crippen LogP contribution >= 0.6 is 0 Å². The second-order valence-electron chi connectivity index (χ2n) is 6.73. The van der Waals surface area contributed by atoms with Crippen molar-refractivity contribution in [2.24, 2.45) is 0 Å². The average molecular weight is 366 g/mol. The molecule has 1 saturated heterocycles. The van der Waals surface area contributed by atoms with Gasteiger partial charge >= 0.3 is 0 Å². The molecule has 1 aromatic rings. The maximum atomic E-state index is 11.0. The molecule has 0 aliphatic carbocycles. The van der Waals surface area contributed by atoms with Crippen LogP contribution in [0, 0.1) is 0 Å². The lowest BCUT2D eigenvalue weighted by Crippen LogP contribution is -2.44. The minimum Gasteiger partial charge on any atom is -0.493 e. The predicted octanol–water partition coefficient (Wildman–Crippen LogP) is 1.86. The van der Waals surface area contributed by atoms with Gasteiger partial charge in [0.25, 0.3) is 0 Å². The summed E-state index contributed by atoms with van der Waals surface area (Å²) in [4.78, 5) is 12.9. The third kappa shape index (κ3) is 5.09. The topological polar surface area (TPSA) is 105 Å². The van der Waals surface area contributed by atoms with Gasteiger partial charge in [-0.25, -0.2) is 0 Å². The Hall–Kier alpha value is -1.83. The van der Waals surface area contributed by atoms with Crippen LogP contribution in [0.4, 0.5) is 5.69 Å². The van der Waals surface area contributed by atoms with Crippen LogP contribution in [0.5, 0.6) is 11.5 Å². The Morgan fingerprint density at radius 2 is 2.15 bits per heavy atom. The Labute approximate surface area is 154 Å². The summed E-state index contributed by atoms with van der Waals surface area (Å²) in [7, 11) is 1.53. The lowest BCUT2D eigenvalue weighted by atomic mass is 10.00. The fourth-order valence-corrected chi connectivity index (χ4v) is 3.31. The van der Waals surface area contributed by atoms with Crippen molar-refractivity contribution in [1.29, 1.82) is 0 Å². The van der Waals surface area contributed by atoms with Crippen LogP contribution in [-0.4, -0.2) is 53.8 Å². The molecule has 2 atom stereocenters. The third-order valence-electron chi connectivity index (χ3n) is 4.78. The van der Waals surface area contributed by atoms with Crippen LogP contribution in [0.2, 0.25) is 0 Å². The molecule has 0 aromatic heterocycles. The highest BCUT2D eigenvalue weighted by molar-refractivity contribution is 5.75. The number of ether oxygens (including phenoxy) is 2. The molecule has 26 heavy (non-hydrogen) atoms. The van der Waals surface area contributed by atoms with Gasteiger partial charge in [-0.1, -0.05) is 6.42 Å². The largest absolute Gasteiger partial charge is 0.493 e. The van der Waals surface area contributed by atoms with Crippen molar-refractivity contribution in [2.75, 3.05) is 32.6 Å². The zero-order chi connectivity index (χ0) is 19.1. The molecule has 0 amide bonds. The van der Waals surface area contributed by atoms with Gasteiger partial charge in [-0.3, -0.25) is 4.90 Å². The van der Waals surface area contributed by atoms with E-state index in [-0.39, 0.29) is 18.4 Å². The van der Waals surface area contributed by atoms with Gasteiger partial charge in [0.05, 0.1) is 20.3 Å². The van der Waals surface area contributed by atoms with Crippen molar-refractivity contribution in [2.45, 2.75) is 51.3 Å². The Morgan fingerprint density at radius 1 is 1.38 bits per heavy atom.